The van der Waals surface area contributed by atoms with Crippen LogP contribution in [0.1, 0.15) is 170 Å². The van der Waals surface area contributed by atoms with Gasteiger partial charge in [0.15, 0.2) is 0 Å². The molecule has 8 atom stereocenters. The van der Waals surface area contributed by atoms with Crippen LogP contribution in [-0.4, -0.2) is 17.6 Å². The summed E-state index contributed by atoms with van der Waals surface area (Å²) in [4.78, 5) is 12.8. The van der Waals surface area contributed by atoms with Gasteiger partial charge in [-0.2, -0.15) is 0 Å². The summed E-state index contributed by atoms with van der Waals surface area (Å²) in [5, 5.41) is 0. The summed E-state index contributed by atoms with van der Waals surface area (Å²) in [6.45, 7) is 19.2. The Hall–Kier alpha value is -1.09. The molecule has 3 saturated carbocycles. The Morgan fingerprint density at radius 2 is 1.72 bits per heavy atom. The zero-order valence-corrected chi connectivity index (χ0v) is 29.3. The van der Waals surface area contributed by atoms with Crippen LogP contribution in [0, 0.1) is 39.9 Å². The zero-order chi connectivity index (χ0) is 31.3. The van der Waals surface area contributed by atoms with E-state index in [1.165, 1.54) is 76.2 Å². The van der Waals surface area contributed by atoms with Crippen LogP contribution >= 0.6 is 0 Å². The molecule has 0 radical (unpaired) electrons. The standard InChI is InChI=1S/C40H69NO2/c1-8-10-11-12-13-14-18-36(42)43-34-22-24-37(6)33(29-34)20-19-32-21-26-40(37,41)28-27-38(7)35(23-25-39(32,38)9-2)31(5)17-15-16-30(3)4/h9,20,30-32,34-35H,2,8,10-19,21-29,41H2,1,3-7H3/b33-20-/t31-,32+,34+,35-,37+,38-,39+,40+/m1/s1. The average molecular weight is 596 g/mol. The molecule has 0 aliphatic heterocycles. The number of carbonyl (C=O) groups is 1. The fourth-order valence-electron chi connectivity index (χ4n) is 10.8. The molecule has 43 heavy (non-hydrogen) atoms. The second-order valence-corrected chi connectivity index (χ2v) is 16.7. The van der Waals surface area contributed by atoms with Crippen molar-refractivity contribution >= 4 is 5.97 Å². The number of fused-ring (bicyclic) bond motifs is 7. The third kappa shape index (κ3) is 7.02. The van der Waals surface area contributed by atoms with Gasteiger partial charge in [-0.05, 0) is 98.7 Å². The molecule has 2 bridgehead atoms. The minimum Gasteiger partial charge on any atom is -0.462 e. The van der Waals surface area contributed by atoms with Crippen molar-refractivity contribution in [1.82, 2.24) is 0 Å². The number of carbonyl (C=O) groups excluding carboxylic acids is 1. The quantitative estimate of drug-likeness (QED) is 0.123. The molecule has 3 heteroatoms. The Balaban J connectivity index is 1.50. The van der Waals surface area contributed by atoms with Gasteiger partial charge in [0, 0.05) is 23.8 Å². The summed E-state index contributed by atoms with van der Waals surface area (Å²) in [6, 6.07) is 0. The van der Waals surface area contributed by atoms with Gasteiger partial charge in [-0.15, -0.1) is 6.58 Å². The van der Waals surface area contributed by atoms with Crippen molar-refractivity contribution in [1.29, 1.82) is 0 Å². The molecule has 0 saturated heterocycles. The van der Waals surface area contributed by atoms with Crippen molar-refractivity contribution < 1.29 is 9.53 Å². The first-order chi connectivity index (χ1) is 20.4. The van der Waals surface area contributed by atoms with Gasteiger partial charge in [0.25, 0.3) is 0 Å². The third-order valence-corrected chi connectivity index (χ3v) is 13.9. The highest BCUT2D eigenvalue weighted by atomic mass is 16.5. The predicted molar refractivity (Wildman–Crippen MR) is 183 cm³/mol. The molecule has 246 valence electrons. The summed E-state index contributed by atoms with van der Waals surface area (Å²) < 4.78 is 6.13. The lowest BCUT2D eigenvalue weighted by molar-refractivity contribution is -0.151. The number of hydrogen-bond donors (Lipinski definition) is 1. The second kappa shape index (κ2) is 14.6. The van der Waals surface area contributed by atoms with E-state index >= 15 is 0 Å². The molecule has 3 nitrogen and oxygen atoms in total. The number of esters is 1. The fourth-order valence-corrected chi connectivity index (χ4v) is 10.8. The molecule has 4 aliphatic carbocycles. The maximum atomic E-state index is 12.8. The van der Waals surface area contributed by atoms with E-state index in [1.54, 1.807) is 0 Å². The van der Waals surface area contributed by atoms with Crippen LogP contribution in [0.5, 0.6) is 0 Å². The topological polar surface area (TPSA) is 52.3 Å². The van der Waals surface area contributed by atoms with Crippen molar-refractivity contribution in [2.45, 2.75) is 182 Å². The highest BCUT2D eigenvalue weighted by Crippen LogP contribution is 2.69. The summed E-state index contributed by atoms with van der Waals surface area (Å²) in [6.07, 6.45) is 28.1. The Morgan fingerprint density at radius 3 is 2.44 bits per heavy atom. The van der Waals surface area contributed by atoms with E-state index in [2.05, 4.69) is 60.3 Å². The van der Waals surface area contributed by atoms with Crippen molar-refractivity contribution in [3.8, 4) is 0 Å². The van der Waals surface area contributed by atoms with Gasteiger partial charge < -0.3 is 10.5 Å². The van der Waals surface area contributed by atoms with E-state index in [-0.39, 0.29) is 33.9 Å². The SMILES string of the molecule is C=C[C@@]12CC[C@H]([C@H](C)CCCC(C)C)[C@@]1(C)CC[C@@]1(N)CC[C@@H]2C/C=C2/C[C@@H](OC(=O)CCCCCCCC)CC[C@@]21C. The van der Waals surface area contributed by atoms with Gasteiger partial charge in [-0.1, -0.05) is 111 Å². The molecule has 4 aliphatic rings. The fraction of sp³-hybridized carbons (Fsp3) is 0.875. The molecule has 2 N–H and O–H groups in total. The lowest BCUT2D eigenvalue weighted by Crippen LogP contribution is -2.60. The van der Waals surface area contributed by atoms with Gasteiger partial charge >= 0.3 is 5.97 Å². The Bertz CT molecular complexity index is 970. The first-order valence-electron chi connectivity index (χ1n) is 18.8. The number of hydrogen-bond acceptors (Lipinski definition) is 3. The van der Waals surface area contributed by atoms with Crippen LogP contribution in [0.2, 0.25) is 0 Å². The molecule has 0 heterocycles. The van der Waals surface area contributed by atoms with E-state index < -0.39 is 0 Å². The summed E-state index contributed by atoms with van der Waals surface area (Å²) >= 11 is 0. The van der Waals surface area contributed by atoms with Gasteiger partial charge in [0.2, 0.25) is 0 Å². The first-order valence-corrected chi connectivity index (χ1v) is 18.8. The summed E-state index contributed by atoms with van der Waals surface area (Å²) in [5.74, 6) is 2.90. The predicted octanol–water partition coefficient (Wildman–Crippen LogP) is 11.1. The van der Waals surface area contributed by atoms with Gasteiger partial charge in [-0.3, -0.25) is 4.79 Å². The van der Waals surface area contributed by atoms with E-state index in [9.17, 15) is 4.79 Å². The third-order valence-electron chi connectivity index (χ3n) is 13.9. The van der Waals surface area contributed by atoms with Crippen LogP contribution in [0.3, 0.4) is 0 Å². The number of unbranched alkanes of at least 4 members (excludes halogenated alkanes) is 5. The molecular formula is C40H69NO2. The van der Waals surface area contributed by atoms with Gasteiger partial charge in [-0.25, -0.2) is 0 Å². The molecular weight excluding hydrogens is 526 g/mol. The molecule has 0 aromatic rings. The van der Waals surface area contributed by atoms with E-state index in [0.29, 0.717) is 12.3 Å². The normalized spacial score (nSPS) is 39.4. The lowest BCUT2D eigenvalue weighted by atomic mass is 9.47. The van der Waals surface area contributed by atoms with E-state index in [1.807, 2.05) is 0 Å². The molecule has 0 aromatic carbocycles. The average Bonchev–Trinajstić information content (AvgIpc) is 3.26. The minimum atomic E-state index is -0.199. The number of rotatable bonds is 14. The number of ether oxygens (including phenoxy) is 1. The Labute approximate surface area is 266 Å². The smallest absolute Gasteiger partial charge is 0.306 e. The largest absolute Gasteiger partial charge is 0.462 e. The van der Waals surface area contributed by atoms with Crippen molar-refractivity contribution in [3.63, 3.8) is 0 Å². The van der Waals surface area contributed by atoms with Crippen LogP contribution in [0.25, 0.3) is 0 Å². The summed E-state index contributed by atoms with van der Waals surface area (Å²) in [7, 11) is 0. The van der Waals surface area contributed by atoms with Crippen LogP contribution < -0.4 is 5.73 Å². The molecule has 0 aromatic heterocycles. The highest BCUT2D eigenvalue weighted by Gasteiger charge is 2.62. The maximum absolute atomic E-state index is 12.8. The molecule has 0 unspecified atom stereocenters. The molecule has 0 amide bonds. The van der Waals surface area contributed by atoms with E-state index in [0.717, 1.165) is 69.1 Å². The Kier molecular flexibility index (Phi) is 11.8. The number of nitrogens with two attached hydrogens (primary N) is 1. The van der Waals surface area contributed by atoms with Crippen molar-refractivity contribution in [2.75, 3.05) is 0 Å². The Morgan fingerprint density at radius 1 is 0.977 bits per heavy atom. The van der Waals surface area contributed by atoms with Crippen LogP contribution in [0.15, 0.2) is 24.3 Å². The first kappa shape index (κ1) is 34.8. The monoisotopic (exact) mass is 596 g/mol. The molecule has 0 spiro atoms. The highest BCUT2D eigenvalue weighted by molar-refractivity contribution is 5.69. The van der Waals surface area contributed by atoms with Gasteiger partial charge in [0.1, 0.15) is 6.10 Å². The second-order valence-electron chi connectivity index (χ2n) is 16.7. The minimum absolute atomic E-state index is 0.00873. The van der Waals surface area contributed by atoms with Crippen LogP contribution in [0.4, 0.5) is 0 Å². The van der Waals surface area contributed by atoms with Crippen molar-refractivity contribution in [3.05, 3.63) is 24.3 Å². The molecule has 4 rings (SSSR count). The number of allylic oxidation sites excluding steroid dienone is 2. The molecule has 3 fully saturated rings. The van der Waals surface area contributed by atoms with E-state index in [4.69, 9.17) is 10.5 Å². The summed E-state index contributed by atoms with van der Waals surface area (Å²) in [5.41, 5.74) is 9.40. The lowest BCUT2D eigenvalue weighted by Gasteiger charge is -2.59. The zero-order valence-electron chi connectivity index (χ0n) is 29.3. The van der Waals surface area contributed by atoms with Crippen molar-refractivity contribution in [2.24, 2.45) is 45.7 Å². The van der Waals surface area contributed by atoms with Gasteiger partial charge in [0.05, 0.1) is 0 Å². The maximum Gasteiger partial charge on any atom is 0.306 e. The van der Waals surface area contributed by atoms with Crippen LogP contribution in [-0.2, 0) is 9.53 Å².